The molecule has 0 aliphatic carbocycles. The van der Waals surface area contributed by atoms with Crippen LogP contribution in [0.4, 0.5) is 0 Å². The van der Waals surface area contributed by atoms with Gasteiger partial charge in [0, 0.05) is 17.8 Å². The van der Waals surface area contributed by atoms with Crippen LogP contribution in [0.3, 0.4) is 0 Å². The monoisotopic (exact) mass is 292 g/mol. The van der Waals surface area contributed by atoms with Crippen LogP contribution in [-0.4, -0.2) is 28.1 Å². The van der Waals surface area contributed by atoms with Crippen molar-refractivity contribution in [2.24, 2.45) is 0 Å². The molecule has 0 saturated heterocycles. The van der Waals surface area contributed by atoms with Gasteiger partial charge in [-0.05, 0) is 24.6 Å². The summed E-state index contributed by atoms with van der Waals surface area (Å²) in [5, 5.41) is 0. The molecule has 0 unspecified atom stereocenters. The lowest BCUT2D eigenvalue weighted by atomic mass is 10.1. The fourth-order valence-corrected chi connectivity index (χ4v) is 2.54. The number of hydrogen-bond donors (Lipinski definition) is 0. The Bertz CT molecular complexity index is 538. The Morgan fingerprint density at radius 2 is 2.06 bits per heavy atom. The van der Waals surface area contributed by atoms with Gasteiger partial charge in [-0.1, -0.05) is 6.07 Å². The lowest BCUT2D eigenvalue weighted by molar-refractivity contribution is 0.0526. The van der Waals surface area contributed by atoms with E-state index in [1.54, 1.807) is 6.92 Å². The maximum atomic E-state index is 11.5. The van der Waals surface area contributed by atoms with Crippen LogP contribution in [0.5, 0.6) is 0 Å². The molecule has 7 heteroatoms. The van der Waals surface area contributed by atoms with Crippen molar-refractivity contribution in [3.63, 3.8) is 0 Å². The van der Waals surface area contributed by atoms with E-state index in [0.717, 1.165) is 0 Å². The molecule has 0 amide bonds. The standard InChI is InChI=1S/C11H13ClO5S/c1-3-17-11(13)8-4-5-9(7-16-2)10(6-8)18(12,14)15/h4-6H,3,7H2,1-2H3. The number of halogens is 1. The van der Waals surface area contributed by atoms with Crippen LogP contribution in [0.1, 0.15) is 22.8 Å². The Kier molecular flexibility index (Phi) is 5.13. The molecule has 0 radical (unpaired) electrons. The molecule has 0 bridgehead atoms. The molecule has 0 aromatic heterocycles. The molecular weight excluding hydrogens is 280 g/mol. The molecule has 1 aromatic rings. The van der Waals surface area contributed by atoms with Gasteiger partial charge in [-0.3, -0.25) is 0 Å². The van der Waals surface area contributed by atoms with Crippen LogP contribution in [0.2, 0.25) is 0 Å². The van der Waals surface area contributed by atoms with Gasteiger partial charge in [0.2, 0.25) is 0 Å². The average Bonchev–Trinajstić information content (AvgIpc) is 2.28. The van der Waals surface area contributed by atoms with Gasteiger partial charge in [-0.15, -0.1) is 0 Å². The number of benzene rings is 1. The van der Waals surface area contributed by atoms with E-state index in [2.05, 4.69) is 0 Å². The highest BCUT2D eigenvalue weighted by atomic mass is 35.7. The third-order valence-corrected chi connectivity index (χ3v) is 3.54. The lowest BCUT2D eigenvalue weighted by Crippen LogP contribution is -2.07. The summed E-state index contributed by atoms with van der Waals surface area (Å²) in [5.41, 5.74) is 0.525. The van der Waals surface area contributed by atoms with Crippen molar-refractivity contribution >= 4 is 25.7 Å². The van der Waals surface area contributed by atoms with Gasteiger partial charge in [0.25, 0.3) is 9.05 Å². The van der Waals surface area contributed by atoms with Crippen molar-refractivity contribution in [1.82, 2.24) is 0 Å². The van der Waals surface area contributed by atoms with Crippen LogP contribution < -0.4 is 0 Å². The predicted octanol–water partition coefficient (Wildman–Crippen LogP) is 1.94. The third-order valence-electron chi connectivity index (χ3n) is 2.14. The van der Waals surface area contributed by atoms with Crippen molar-refractivity contribution in [3.05, 3.63) is 29.3 Å². The van der Waals surface area contributed by atoms with Gasteiger partial charge in [0.05, 0.1) is 23.7 Å². The van der Waals surface area contributed by atoms with Gasteiger partial charge < -0.3 is 9.47 Å². The van der Waals surface area contributed by atoms with Crippen LogP contribution in [0.25, 0.3) is 0 Å². The van der Waals surface area contributed by atoms with E-state index in [9.17, 15) is 13.2 Å². The smallest absolute Gasteiger partial charge is 0.338 e. The molecule has 100 valence electrons. The van der Waals surface area contributed by atoms with Crippen molar-refractivity contribution < 1.29 is 22.7 Å². The Hall–Kier alpha value is -1.11. The van der Waals surface area contributed by atoms with Gasteiger partial charge in [0.15, 0.2) is 0 Å². The van der Waals surface area contributed by atoms with Crippen molar-refractivity contribution in [1.29, 1.82) is 0 Å². The Balaban J connectivity index is 3.26. The van der Waals surface area contributed by atoms with E-state index < -0.39 is 15.0 Å². The number of rotatable bonds is 5. The minimum Gasteiger partial charge on any atom is -0.462 e. The first-order valence-electron chi connectivity index (χ1n) is 5.13. The largest absolute Gasteiger partial charge is 0.462 e. The summed E-state index contributed by atoms with van der Waals surface area (Å²) >= 11 is 0. The zero-order valence-corrected chi connectivity index (χ0v) is 11.5. The summed E-state index contributed by atoms with van der Waals surface area (Å²) in [7, 11) is 2.81. The summed E-state index contributed by atoms with van der Waals surface area (Å²) in [5.74, 6) is -0.594. The first kappa shape index (κ1) is 14.9. The van der Waals surface area contributed by atoms with E-state index >= 15 is 0 Å². The van der Waals surface area contributed by atoms with E-state index in [0.29, 0.717) is 5.56 Å². The second-order valence-corrected chi connectivity index (χ2v) is 5.95. The van der Waals surface area contributed by atoms with Gasteiger partial charge in [0.1, 0.15) is 0 Å². The maximum absolute atomic E-state index is 11.5. The van der Waals surface area contributed by atoms with E-state index in [4.69, 9.17) is 20.2 Å². The van der Waals surface area contributed by atoms with Crippen LogP contribution in [-0.2, 0) is 25.1 Å². The first-order chi connectivity index (χ1) is 8.40. The van der Waals surface area contributed by atoms with Crippen LogP contribution >= 0.6 is 10.7 Å². The highest BCUT2D eigenvalue weighted by Gasteiger charge is 2.18. The SMILES string of the molecule is CCOC(=O)c1ccc(COC)c(S(=O)(=O)Cl)c1. The molecule has 0 heterocycles. The van der Waals surface area contributed by atoms with Crippen molar-refractivity contribution in [2.45, 2.75) is 18.4 Å². The van der Waals surface area contributed by atoms with Crippen LogP contribution in [0.15, 0.2) is 23.1 Å². The topological polar surface area (TPSA) is 69.7 Å². The van der Waals surface area contributed by atoms with Crippen molar-refractivity contribution in [2.75, 3.05) is 13.7 Å². The highest BCUT2D eigenvalue weighted by Crippen LogP contribution is 2.22. The lowest BCUT2D eigenvalue weighted by Gasteiger charge is -2.08. The molecule has 0 aliphatic rings. The fourth-order valence-electron chi connectivity index (χ4n) is 1.40. The summed E-state index contributed by atoms with van der Waals surface area (Å²) in [6.07, 6.45) is 0. The number of carbonyl (C=O) groups excluding carboxylic acids is 1. The Labute approximate surface area is 110 Å². The zero-order valence-electron chi connectivity index (χ0n) is 9.97. The highest BCUT2D eigenvalue weighted by molar-refractivity contribution is 8.13. The molecule has 0 aliphatic heterocycles. The maximum Gasteiger partial charge on any atom is 0.338 e. The summed E-state index contributed by atoms with van der Waals surface area (Å²) in [4.78, 5) is 11.4. The molecule has 0 N–H and O–H groups in total. The molecule has 0 fully saturated rings. The predicted molar refractivity (Wildman–Crippen MR) is 66.2 cm³/mol. The number of methoxy groups -OCH3 is 1. The van der Waals surface area contributed by atoms with Gasteiger partial charge in [-0.2, -0.15) is 0 Å². The van der Waals surface area contributed by atoms with Gasteiger partial charge >= 0.3 is 5.97 Å². The summed E-state index contributed by atoms with van der Waals surface area (Å²) in [6, 6.07) is 4.14. The minimum atomic E-state index is -3.94. The molecule has 5 nitrogen and oxygen atoms in total. The van der Waals surface area contributed by atoms with E-state index in [1.165, 1.54) is 25.3 Å². The number of hydrogen-bond acceptors (Lipinski definition) is 5. The molecule has 0 spiro atoms. The first-order valence-corrected chi connectivity index (χ1v) is 7.44. The quantitative estimate of drug-likeness (QED) is 0.613. The second-order valence-electron chi connectivity index (χ2n) is 3.41. The molecule has 18 heavy (non-hydrogen) atoms. The third kappa shape index (κ3) is 3.69. The average molecular weight is 293 g/mol. The van der Waals surface area contributed by atoms with Crippen LogP contribution in [0, 0.1) is 0 Å². The Morgan fingerprint density at radius 1 is 1.39 bits per heavy atom. The number of esters is 1. The van der Waals surface area contributed by atoms with Crippen molar-refractivity contribution in [3.8, 4) is 0 Å². The van der Waals surface area contributed by atoms with Gasteiger partial charge in [-0.25, -0.2) is 13.2 Å². The summed E-state index contributed by atoms with van der Waals surface area (Å²) < 4.78 is 32.5. The molecular formula is C11H13ClO5S. The Morgan fingerprint density at radius 3 is 2.56 bits per heavy atom. The van der Waals surface area contributed by atoms with E-state index in [1.807, 2.05) is 0 Å². The molecule has 1 rings (SSSR count). The zero-order chi connectivity index (χ0) is 13.8. The summed E-state index contributed by atoms with van der Waals surface area (Å²) in [6.45, 7) is 1.96. The number of carbonyl (C=O) groups is 1. The second kappa shape index (κ2) is 6.17. The molecule has 0 atom stereocenters. The fraction of sp³-hybridized carbons (Fsp3) is 0.364. The number of ether oxygens (including phenoxy) is 2. The molecule has 1 aromatic carbocycles. The molecule has 0 saturated carbocycles. The minimum absolute atomic E-state index is 0.0877. The van der Waals surface area contributed by atoms with E-state index in [-0.39, 0.29) is 23.7 Å². The normalized spacial score (nSPS) is 11.3.